The first kappa shape index (κ1) is 8.49. The summed E-state index contributed by atoms with van der Waals surface area (Å²) in [5, 5.41) is 12.1. The lowest BCUT2D eigenvalue weighted by molar-refractivity contribution is -0.152. The number of aliphatic hydroxyl groups excluding tert-OH is 1. The number of β-amino-alcohol motifs (C(OH)–C–C–N with tert-alkyl or cyclic N) is 1. The highest BCUT2D eigenvalue weighted by molar-refractivity contribution is 5.75. The number of carbonyl (C=O) groups excluding carboxylic acids is 1. The molecule has 0 aromatic rings. The van der Waals surface area contributed by atoms with E-state index in [1.54, 1.807) is 12.1 Å². The third kappa shape index (κ3) is 1.91. The van der Waals surface area contributed by atoms with Gasteiger partial charge in [-0.15, -0.1) is 0 Å². The van der Waals surface area contributed by atoms with Crippen molar-refractivity contribution in [1.29, 1.82) is 0 Å². The first-order valence-electron chi connectivity index (χ1n) is 3.88. The van der Waals surface area contributed by atoms with E-state index < -0.39 is 0 Å². The van der Waals surface area contributed by atoms with Crippen molar-refractivity contribution >= 4 is 5.91 Å². The van der Waals surface area contributed by atoms with Crippen LogP contribution in [0, 0.1) is 0 Å². The predicted octanol–water partition coefficient (Wildman–Crippen LogP) is -0.552. The predicted molar refractivity (Wildman–Crippen MR) is 40.7 cm³/mol. The molecular formula is C7H14N2O2. The molecule has 0 atom stereocenters. The quantitative estimate of drug-likeness (QED) is 0.586. The summed E-state index contributed by atoms with van der Waals surface area (Å²) in [5.41, 5.74) is 0. The van der Waals surface area contributed by atoms with Crippen LogP contribution in [0.5, 0.6) is 0 Å². The minimum atomic E-state index is 0.109. The van der Waals surface area contributed by atoms with Gasteiger partial charge in [0.25, 0.3) is 0 Å². The summed E-state index contributed by atoms with van der Waals surface area (Å²) < 4.78 is 0. The highest BCUT2D eigenvalue weighted by Gasteiger charge is 2.21. The van der Waals surface area contributed by atoms with Crippen molar-refractivity contribution in [3.8, 4) is 0 Å². The van der Waals surface area contributed by atoms with E-state index >= 15 is 0 Å². The van der Waals surface area contributed by atoms with Crippen LogP contribution in [0.4, 0.5) is 0 Å². The van der Waals surface area contributed by atoms with Crippen LogP contribution in [0.1, 0.15) is 12.8 Å². The molecule has 0 aromatic heterocycles. The molecule has 1 amide bonds. The van der Waals surface area contributed by atoms with Crippen molar-refractivity contribution in [2.75, 3.05) is 26.7 Å². The van der Waals surface area contributed by atoms with Crippen LogP contribution < -0.4 is 0 Å². The molecule has 1 rings (SSSR count). The third-order valence-corrected chi connectivity index (χ3v) is 1.95. The average Bonchev–Trinajstić information content (AvgIpc) is 1.99. The van der Waals surface area contributed by atoms with E-state index in [4.69, 9.17) is 5.11 Å². The van der Waals surface area contributed by atoms with Gasteiger partial charge in [-0.1, -0.05) is 0 Å². The number of carbonyl (C=O) groups is 1. The highest BCUT2D eigenvalue weighted by Crippen LogP contribution is 2.08. The van der Waals surface area contributed by atoms with Crippen molar-refractivity contribution in [3.05, 3.63) is 0 Å². The minimum absolute atomic E-state index is 0.109. The van der Waals surface area contributed by atoms with Crippen molar-refractivity contribution in [3.63, 3.8) is 0 Å². The van der Waals surface area contributed by atoms with Crippen LogP contribution in [0.3, 0.4) is 0 Å². The molecule has 64 valence electrons. The third-order valence-electron chi connectivity index (χ3n) is 1.95. The molecule has 1 aliphatic rings. The maximum Gasteiger partial charge on any atom is 0.236 e. The van der Waals surface area contributed by atoms with Gasteiger partial charge < -0.3 is 5.11 Å². The molecule has 4 heteroatoms. The van der Waals surface area contributed by atoms with E-state index in [-0.39, 0.29) is 12.5 Å². The van der Waals surface area contributed by atoms with Gasteiger partial charge in [0, 0.05) is 26.6 Å². The lowest BCUT2D eigenvalue weighted by Crippen LogP contribution is -2.49. The lowest BCUT2D eigenvalue weighted by atomic mass is 10.2. The Kier molecular flexibility index (Phi) is 2.84. The second kappa shape index (κ2) is 3.69. The number of hydrazine groups is 1. The fourth-order valence-corrected chi connectivity index (χ4v) is 1.26. The van der Waals surface area contributed by atoms with Crippen LogP contribution in [-0.2, 0) is 4.79 Å². The van der Waals surface area contributed by atoms with Gasteiger partial charge in [0.2, 0.25) is 5.91 Å². The van der Waals surface area contributed by atoms with E-state index in [9.17, 15) is 4.79 Å². The largest absolute Gasteiger partial charge is 0.395 e. The topological polar surface area (TPSA) is 43.8 Å². The van der Waals surface area contributed by atoms with E-state index in [2.05, 4.69) is 0 Å². The molecular weight excluding hydrogens is 144 g/mol. The first-order valence-corrected chi connectivity index (χ1v) is 3.88. The lowest BCUT2D eigenvalue weighted by Gasteiger charge is -2.35. The van der Waals surface area contributed by atoms with Gasteiger partial charge in [0.05, 0.1) is 6.61 Å². The van der Waals surface area contributed by atoms with Crippen molar-refractivity contribution in [2.24, 2.45) is 0 Å². The van der Waals surface area contributed by atoms with Crippen LogP contribution in [0.25, 0.3) is 0 Å². The second-order valence-electron chi connectivity index (χ2n) is 2.70. The molecule has 1 heterocycles. The highest BCUT2D eigenvalue weighted by atomic mass is 16.3. The number of hydrogen-bond donors (Lipinski definition) is 1. The normalized spacial score (nSPS) is 20.9. The van der Waals surface area contributed by atoms with E-state index in [0.717, 1.165) is 13.0 Å². The van der Waals surface area contributed by atoms with Crippen LogP contribution in [-0.4, -0.2) is 47.8 Å². The molecule has 0 radical (unpaired) electrons. The minimum Gasteiger partial charge on any atom is -0.395 e. The Labute approximate surface area is 66.4 Å². The summed E-state index contributed by atoms with van der Waals surface area (Å²) in [4.78, 5) is 11.1. The molecule has 1 N–H and O–H groups in total. The summed E-state index contributed by atoms with van der Waals surface area (Å²) in [7, 11) is 1.75. The van der Waals surface area contributed by atoms with E-state index in [1.165, 1.54) is 0 Å². The first-order chi connectivity index (χ1) is 5.25. The van der Waals surface area contributed by atoms with Gasteiger partial charge in [0.1, 0.15) is 0 Å². The summed E-state index contributed by atoms with van der Waals surface area (Å²) >= 11 is 0. The summed E-state index contributed by atoms with van der Waals surface area (Å²) in [6, 6.07) is 0. The molecule has 1 aliphatic heterocycles. The number of amides is 1. The molecule has 11 heavy (non-hydrogen) atoms. The number of aliphatic hydroxyl groups is 1. The Morgan fingerprint density at radius 2 is 2.36 bits per heavy atom. The Morgan fingerprint density at radius 1 is 1.64 bits per heavy atom. The molecule has 4 nitrogen and oxygen atoms in total. The Bertz CT molecular complexity index is 147. The SMILES string of the molecule is CN1C(=O)CCCN1CCO. The molecule has 0 aliphatic carbocycles. The Morgan fingerprint density at radius 3 is 3.00 bits per heavy atom. The Hall–Kier alpha value is -0.610. The maximum atomic E-state index is 11.1. The zero-order chi connectivity index (χ0) is 8.27. The van der Waals surface area contributed by atoms with Gasteiger partial charge in [-0.05, 0) is 6.42 Å². The fraction of sp³-hybridized carbons (Fsp3) is 0.857. The average molecular weight is 158 g/mol. The molecule has 0 saturated carbocycles. The van der Waals surface area contributed by atoms with Crippen LogP contribution >= 0.6 is 0 Å². The smallest absolute Gasteiger partial charge is 0.236 e. The zero-order valence-electron chi connectivity index (χ0n) is 6.79. The van der Waals surface area contributed by atoms with Gasteiger partial charge in [-0.25, -0.2) is 5.01 Å². The molecule has 0 spiro atoms. The summed E-state index contributed by atoms with van der Waals surface area (Å²) in [6.45, 7) is 1.54. The van der Waals surface area contributed by atoms with Crippen LogP contribution in [0.2, 0.25) is 0 Å². The van der Waals surface area contributed by atoms with Crippen molar-refractivity contribution in [1.82, 2.24) is 10.0 Å². The molecule has 1 fully saturated rings. The van der Waals surface area contributed by atoms with Crippen molar-refractivity contribution < 1.29 is 9.90 Å². The molecule has 0 bridgehead atoms. The monoisotopic (exact) mass is 158 g/mol. The van der Waals surface area contributed by atoms with Gasteiger partial charge in [-0.3, -0.25) is 9.80 Å². The Balaban J connectivity index is 2.44. The standard InChI is InChI=1S/C7H14N2O2/c1-8-7(11)3-2-4-9(8)5-6-10/h10H,2-6H2,1H3. The summed E-state index contributed by atoms with van der Waals surface area (Å²) in [5.74, 6) is 0.143. The van der Waals surface area contributed by atoms with Gasteiger partial charge >= 0.3 is 0 Å². The van der Waals surface area contributed by atoms with Crippen molar-refractivity contribution in [2.45, 2.75) is 12.8 Å². The number of rotatable bonds is 2. The summed E-state index contributed by atoms with van der Waals surface area (Å²) in [6.07, 6.45) is 1.54. The zero-order valence-corrected chi connectivity index (χ0v) is 6.79. The van der Waals surface area contributed by atoms with Gasteiger partial charge in [-0.2, -0.15) is 0 Å². The number of nitrogens with zero attached hydrogens (tertiary/aromatic N) is 2. The molecule has 1 saturated heterocycles. The van der Waals surface area contributed by atoms with E-state index in [1.807, 2.05) is 5.01 Å². The van der Waals surface area contributed by atoms with Crippen LogP contribution in [0.15, 0.2) is 0 Å². The fourth-order valence-electron chi connectivity index (χ4n) is 1.26. The maximum absolute atomic E-state index is 11.1. The molecule has 0 aromatic carbocycles. The molecule has 0 unspecified atom stereocenters. The second-order valence-corrected chi connectivity index (χ2v) is 2.70. The van der Waals surface area contributed by atoms with Gasteiger partial charge in [0.15, 0.2) is 0 Å². The van der Waals surface area contributed by atoms with E-state index in [0.29, 0.717) is 13.0 Å². The number of hydrogen-bond acceptors (Lipinski definition) is 3.